The van der Waals surface area contributed by atoms with Crippen molar-refractivity contribution in [3.63, 3.8) is 0 Å². The van der Waals surface area contributed by atoms with Crippen molar-refractivity contribution in [2.45, 2.75) is 25.7 Å². The zero-order valence-electron chi connectivity index (χ0n) is 17.2. The summed E-state index contributed by atoms with van der Waals surface area (Å²) in [6, 6.07) is 6.15. The molecular formula is C25H26N2O3. The van der Waals surface area contributed by atoms with E-state index in [0.717, 1.165) is 96.4 Å². The molecule has 1 fully saturated rings. The molecule has 6 rings (SSSR count). The van der Waals surface area contributed by atoms with Gasteiger partial charge in [-0.05, 0) is 53.7 Å². The Morgan fingerprint density at radius 2 is 1.93 bits per heavy atom. The number of aromatic nitrogens is 1. The molecule has 2 aromatic carbocycles. The number of Topliss-reactive ketones (excluding diaryl/α,β-unsaturated/α-hetero) is 1. The highest BCUT2D eigenvalue weighted by Crippen LogP contribution is 2.47. The third-order valence-corrected chi connectivity index (χ3v) is 6.88. The van der Waals surface area contributed by atoms with E-state index in [-0.39, 0.29) is 5.78 Å². The average molecular weight is 402 g/mol. The first-order valence-electron chi connectivity index (χ1n) is 11.0. The van der Waals surface area contributed by atoms with E-state index in [0.29, 0.717) is 13.0 Å². The van der Waals surface area contributed by atoms with E-state index in [1.54, 1.807) is 0 Å². The molecule has 3 aliphatic rings. The molecule has 1 aromatic heterocycles. The molecule has 0 amide bonds. The number of H-pyrrole nitrogens is 1. The highest BCUT2D eigenvalue weighted by molar-refractivity contribution is 6.27. The Labute approximate surface area is 175 Å². The first kappa shape index (κ1) is 18.2. The number of nitrogens with zero attached hydrogens (tertiary/aromatic N) is 1. The number of morpholine rings is 1. The topological polar surface area (TPSA) is 54.6 Å². The van der Waals surface area contributed by atoms with Crippen molar-refractivity contribution in [3.8, 4) is 5.75 Å². The van der Waals surface area contributed by atoms with Gasteiger partial charge >= 0.3 is 0 Å². The van der Waals surface area contributed by atoms with Crippen molar-refractivity contribution >= 4 is 33.2 Å². The number of carbonyl (C=O) groups excluding carboxylic acids is 1. The van der Waals surface area contributed by atoms with Crippen molar-refractivity contribution in [3.05, 3.63) is 47.0 Å². The SMILES string of the molecule is C=C1CC(=O)c2c1c1c(c3[nH]c4cccc(OCCN5CCOCC5)c4c23)CCC1. The number of aryl methyl sites for hydroxylation is 1. The Morgan fingerprint density at radius 3 is 2.80 bits per heavy atom. The Balaban J connectivity index is 1.48. The van der Waals surface area contributed by atoms with E-state index in [1.807, 2.05) is 12.1 Å². The van der Waals surface area contributed by atoms with E-state index in [2.05, 4.69) is 22.5 Å². The standard InChI is InChI=1S/C25H26N2O3/c1-15-14-19(28)23-21(15)16-4-2-5-17(16)25-24(23)22-18(26-25)6-3-7-20(22)30-13-10-27-8-11-29-12-9-27/h3,6-7,26H,1-2,4-5,8-14H2. The molecule has 1 aliphatic heterocycles. The molecule has 0 atom stereocenters. The van der Waals surface area contributed by atoms with Crippen molar-refractivity contribution in [1.29, 1.82) is 0 Å². The van der Waals surface area contributed by atoms with Gasteiger partial charge in [-0.1, -0.05) is 12.6 Å². The second-order valence-electron chi connectivity index (χ2n) is 8.62. The minimum atomic E-state index is 0.193. The summed E-state index contributed by atoms with van der Waals surface area (Å²) in [5.74, 6) is 1.05. The van der Waals surface area contributed by atoms with Crippen molar-refractivity contribution in [2.75, 3.05) is 39.5 Å². The van der Waals surface area contributed by atoms with Crippen LogP contribution in [0.2, 0.25) is 0 Å². The van der Waals surface area contributed by atoms with Crippen LogP contribution in [0.4, 0.5) is 0 Å². The molecule has 3 aromatic rings. The predicted octanol–water partition coefficient (Wildman–Crippen LogP) is 4.12. The summed E-state index contributed by atoms with van der Waals surface area (Å²) in [6.07, 6.45) is 3.67. The van der Waals surface area contributed by atoms with E-state index < -0.39 is 0 Å². The monoisotopic (exact) mass is 402 g/mol. The first-order chi connectivity index (χ1) is 14.7. The van der Waals surface area contributed by atoms with Gasteiger partial charge in [0.25, 0.3) is 0 Å². The second kappa shape index (κ2) is 6.96. The maximum atomic E-state index is 13.0. The average Bonchev–Trinajstić information content (AvgIpc) is 3.44. The lowest BCUT2D eigenvalue weighted by Crippen LogP contribution is -2.38. The summed E-state index contributed by atoms with van der Waals surface area (Å²) in [6.45, 7) is 9.24. The molecule has 2 heterocycles. The van der Waals surface area contributed by atoms with Crippen LogP contribution in [0.3, 0.4) is 0 Å². The maximum absolute atomic E-state index is 13.0. The summed E-state index contributed by atoms with van der Waals surface area (Å²) in [5.41, 5.74) is 7.86. The summed E-state index contributed by atoms with van der Waals surface area (Å²) >= 11 is 0. The zero-order chi connectivity index (χ0) is 20.2. The van der Waals surface area contributed by atoms with Crippen LogP contribution in [0.1, 0.15) is 39.9 Å². The van der Waals surface area contributed by atoms with Crippen LogP contribution in [0.25, 0.3) is 27.4 Å². The summed E-state index contributed by atoms with van der Waals surface area (Å²) in [7, 11) is 0. The summed E-state index contributed by atoms with van der Waals surface area (Å²) < 4.78 is 11.7. The van der Waals surface area contributed by atoms with Gasteiger partial charge in [-0.3, -0.25) is 9.69 Å². The number of nitrogens with one attached hydrogen (secondary N) is 1. The van der Waals surface area contributed by atoms with Gasteiger partial charge in [0.1, 0.15) is 12.4 Å². The van der Waals surface area contributed by atoms with Crippen molar-refractivity contribution in [2.24, 2.45) is 0 Å². The van der Waals surface area contributed by atoms with E-state index >= 15 is 0 Å². The largest absolute Gasteiger partial charge is 0.492 e. The lowest BCUT2D eigenvalue weighted by Gasteiger charge is -2.26. The van der Waals surface area contributed by atoms with Crippen molar-refractivity contribution in [1.82, 2.24) is 9.88 Å². The molecule has 1 saturated heterocycles. The maximum Gasteiger partial charge on any atom is 0.168 e. The van der Waals surface area contributed by atoms with Crippen LogP contribution >= 0.6 is 0 Å². The molecule has 154 valence electrons. The van der Waals surface area contributed by atoms with Crippen LogP contribution in [0.5, 0.6) is 5.75 Å². The number of benzene rings is 2. The summed E-state index contributed by atoms with van der Waals surface area (Å²) in [4.78, 5) is 19.0. The van der Waals surface area contributed by atoms with Crippen LogP contribution in [-0.4, -0.2) is 55.1 Å². The molecule has 0 saturated carbocycles. The number of ether oxygens (including phenoxy) is 2. The first-order valence-corrected chi connectivity index (χ1v) is 11.0. The van der Waals surface area contributed by atoms with Crippen LogP contribution in [0.15, 0.2) is 24.8 Å². The molecule has 0 radical (unpaired) electrons. The van der Waals surface area contributed by atoms with Gasteiger partial charge in [0.2, 0.25) is 0 Å². The van der Waals surface area contributed by atoms with Gasteiger partial charge < -0.3 is 14.5 Å². The number of rotatable bonds is 4. The molecule has 2 aliphatic carbocycles. The number of fused-ring (bicyclic) bond motifs is 8. The lowest BCUT2D eigenvalue weighted by atomic mass is 9.93. The third kappa shape index (κ3) is 2.65. The van der Waals surface area contributed by atoms with Gasteiger partial charge in [-0.25, -0.2) is 0 Å². The number of allylic oxidation sites excluding steroid dienone is 1. The Hall–Kier alpha value is -2.63. The van der Waals surface area contributed by atoms with Crippen LogP contribution < -0.4 is 4.74 Å². The molecule has 5 heteroatoms. The fourth-order valence-corrected chi connectivity index (χ4v) is 5.53. The Morgan fingerprint density at radius 1 is 1.10 bits per heavy atom. The number of hydrogen-bond acceptors (Lipinski definition) is 4. The normalized spacial score (nSPS) is 19.1. The quantitative estimate of drug-likeness (QED) is 0.713. The third-order valence-electron chi connectivity index (χ3n) is 6.88. The molecule has 1 N–H and O–H groups in total. The van der Waals surface area contributed by atoms with E-state index in [1.165, 1.54) is 11.1 Å². The Kier molecular flexibility index (Phi) is 4.22. The molecule has 5 nitrogen and oxygen atoms in total. The zero-order valence-corrected chi connectivity index (χ0v) is 17.2. The van der Waals surface area contributed by atoms with E-state index in [9.17, 15) is 4.79 Å². The number of hydrogen-bond donors (Lipinski definition) is 1. The molecule has 0 bridgehead atoms. The van der Waals surface area contributed by atoms with Crippen molar-refractivity contribution < 1.29 is 14.3 Å². The van der Waals surface area contributed by atoms with Gasteiger partial charge in [0, 0.05) is 37.0 Å². The number of aromatic amines is 1. The minimum absolute atomic E-state index is 0.193. The Bertz CT molecular complexity index is 1200. The fraction of sp³-hybridized carbons (Fsp3) is 0.400. The highest BCUT2D eigenvalue weighted by Gasteiger charge is 2.34. The molecule has 0 unspecified atom stereocenters. The fourth-order valence-electron chi connectivity index (χ4n) is 5.53. The molecular weight excluding hydrogens is 376 g/mol. The second-order valence-corrected chi connectivity index (χ2v) is 8.62. The van der Waals surface area contributed by atoms with Gasteiger partial charge in [0.05, 0.1) is 29.6 Å². The van der Waals surface area contributed by atoms with Crippen LogP contribution in [-0.2, 0) is 17.6 Å². The van der Waals surface area contributed by atoms with Gasteiger partial charge in [0.15, 0.2) is 5.78 Å². The minimum Gasteiger partial charge on any atom is -0.492 e. The summed E-state index contributed by atoms with van der Waals surface area (Å²) in [5, 5.41) is 2.09. The lowest BCUT2D eigenvalue weighted by molar-refractivity contribution is 0.0323. The van der Waals surface area contributed by atoms with Gasteiger partial charge in [-0.15, -0.1) is 0 Å². The highest BCUT2D eigenvalue weighted by atomic mass is 16.5. The molecule has 30 heavy (non-hydrogen) atoms. The number of ketones is 1. The molecule has 0 spiro atoms. The smallest absolute Gasteiger partial charge is 0.168 e. The number of carbonyl (C=O) groups is 1. The van der Waals surface area contributed by atoms with Gasteiger partial charge in [-0.2, -0.15) is 0 Å². The van der Waals surface area contributed by atoms with Crippen LogP contribution in [0, 0.1) is 0 Å². The predicted molar refractivity (Wildman–Crippen MR) is 119 cm³/mol. The van der Waals surface area contributed by atoms with E-state index in [4.69, 9.17) is 9.47 Å².